The summed E-state index contributed by atoms with van der Waals surface area (Å²) in [5.74, 6) is -2.38. The number of para-hydroxylation sites is 1. The molecule has 0 saturated heterocycles. The molecule has 138 valence electrons. The van der Waals surface area contributed by atoms with E-state index < -0.39 is 17.4 Å². The van der Waals surface area contributed by atoms with Gasteiger partial charge in [0.1, 0.15) is 0 Å². The molecule has 1 unspecified atom stereocenters. The summed E-state index contributed by atoms with van der Waals surface area (Å²) in [5, 5.41) is 0. The van der Waals surface area contributed by atoms with E-state index in [0.717, 1.165) is 12.0 Å². The smallest absolute Gasteiger partial charge is 0.369 e. The van der Waals surface area contributed by atoms with Crippen LogP contribution in [0.2, 0.25) is 0 Å². The van der Waals surface area contributed by atoms with Gasteiger partial charge in [0.05, 0.1) is 17.8 Å². The lowest BCUT2D eigenvalue weighted by Crippen LogP contribution is -2.53. The highest BCUT2D eigenvalue weighted by atomic mass is 19.1. The molecular formula is C22H20FNO3. The molecule has 5 heteroatoms. The second-order valence-electron chi connectivity index (χ2n) is 6.90. The first-order chi connectivity index (χ1) is 13.1. The van der Waals surface area contributed by atoms with Gasteiger partial charge in [-0.1, -0.05) is 61.9 Å². The van der Waals surface area contributed by atoms with Crippen molar-refractivity contribution < 1.29 is 18.7 Å². The molecule has 2 aromatic rings. The Morgan fingerprint density at radius 1 is 1.04 bits per heavy atom. The summed E-state index contributed by atoms with van der Waals surface area (Å²) < 4.78 is 20.2. The molecule has 0 aliphatic carbocycles. The van der Waals surface area contributed by atoms with Gasteiger partial charge in [-0.25, -0.2) is 4.79 Å². The topological polar surface area (TPSA) is 46.6 Å². The van der Waals surface area contributed by atoms with Gasteiger partial charge in [-0.15, -0.1) is 0 Å². The van der Waals surface area contributed by atoms with Gasteiger partial charge in [-0.3, -0.25) is 4.79 Å². The van der Waals surface area contributed by atoms with E-state index in [2.05, 4.69) is 0 Å². The number of hydrogen-bond donors (Lipinski definition) is 0. The number of hydrogen-bond acceptors (Lipinski definition) is 3. The number of amides is 1. The Bertz CT molecular complexity index is 938. The van der Waals surface area contributed by atoms with Gasteiger partial charge in [0.15, 0.2) is 0 Å². The van der Waals surface area contributed by atoms with E-state index in [-0.39, 0.29) is 17.9 Å². The summed E-state index contributed by atoms with van der Waals surface area (Å²) >= 11 is 0. The molecule has 0 aromatic heterocycles. The largest absolute Gasteiger partial charge is 0.438 e. The van der Waals surface area contributed by atoms with Crippen molar-refractivity contribution in [3.8, 4) is 0 Å². The van der Waals surface area contributed by atoms with E-state index >= 15 is 0 Å². The Morgan fingerprint density at radius 3 is 2.48 bits per heavy atom. The predicted molar refractivity (Wildman–Crippen MR) is 100 cm³/mol. The fourth-order valence-corrected chi connectivity index (χ4v) is 3.90. The Morgan fingerprint density at radius 2 is 1.74 bits per heavy atom. The molecule has 1 atom stereocenters. The highest BCUT2D eigenvalue weighted by Gasteiger charge is 2.59. The lowest BCUT2D eigenvalue weighted by Gasteiger charge is -2.40. The van der Waals surface area contributed by atoms with Crippen molar-refractivity contribution in [1.82, 2.24) is 0 Å². The summed E-state index contributed by atoms with van der Waals surface area (Å²) in [7, 11) is 0. The van der Waals surface area contributed by atoms with E-state index in [4.69, 9.17) is 4.74 Å². The van der Waals surface area contributed by atoms with E-state index in [9.17, 15) is 14.0 Å². The van der Waals surface area contributed by atoms with Crippen molar-refractivity contribution in [2.45, 2.75) is 38.3 Å². The lowest BCUT2D eigenvalue weighted by molar-refractivity contribution is -0.156. The normalized spacial score (nSPS) is 21.2. The maximum Gasteiger partial charge on any atom is 0.369 e. The van der Waals surface area contributed by atoms with Gasteiger partial charge < -0.3 is 9.64 Å². The fraction of sp³-hybridized carbons (Fsp3) is 0.273. The predicted octanol–water partition coefficient (Wildman–Crippen LogP) is 4.40. The summed E-state index contributed by atoms with van der Waals surface area (Å²) in [6.07, 6.45) is 1.73. The van der Waals surface area contributed by atoms with Crippen molar-refractivity contribution in [2.24, 2.45) is 0 Å². The molecule has 0 fully saturated rings. The van der Waals surface area contributed by atoms with Crippen molar-refractivity contribution in [1.29, 1.82) is 0 Å². The van der Waals surface area contributed by atoms with Crippen molar-refractivity contribution >= 4 is 23.1 Å². The molecular weight excluding hydrogens is 345 g/mol. The third kappa shape index (κ3) is 2.65. The summed E-state index contributed by atoms with van der Waals surface area (Å²) in [6, 6.07) is 16.7. The Kier molecular flexibility index (Phi) is 4.30. The van der Waals surface area contributed by atoms with Gasteiger partial charge >= 0.3 is 5.97 Å². The molecule has 4 nitrogen and oxygen atoms in total. The number of unbranched alkanes of at least 4 members (excludes halogenated alkanes) is 1. The highest BCUT2D eigenvalue weighted by molar-refractivity contribution is 6.21. The third-order valence-electron chi connectivity index (χ3n) is 5.19. The van der Waals surface area contributed by atoms with Crippen LogP contribution in [0.5, 0.6) is 0 Å². The molecule has 2 aliphatic rings. The molecule has 1 amide bonds. The maximum atomic E-state index is 14.8. The van der Waals surface area contributed by atoms with Crippen LogP contribution >= 0.6 is 0 Å². The monoisotopic (exact) mass is 365 g/mol. The number of nitrogens with zero attached hydrogens (tertiary/aromatic N) is 1. The van der Waals surface area contributed by atoms with Crippen molar-refractivity contribution in [2.75, 3.05) is 4.90 Å². The Balaban J connectivity index is 1.88. The minimum atomic E-state index is -1.57. The van der Waals surface area contributed by atoms with Crippen LogP contribution in [-0.2, 0) is 20.9 Å². The van der Waals surface area contributed by atoms with E-state index in [1.54, 1.807) is 29.2 Å². The molecule has 0 radical (unpaired) electrons. The summed E-state index contributed by atoms with van der Waals surface area (Å²) in [6.45, 7) is 2.31. The van der Waals surface area contributed by atoms with Crippen LogP contribution < -0.4 is 4.90 Å². The van der Waals surface area contributed by atoms with Crippen molar-refractivity contribution in [3.05, 3.63) is 71.6 Å². The maximum absolute atomic E-state index is 14.8. The number of benzene rings is 2. The standard InChI is InChI=1S/C22H20FNO3/c1-2-3-13-22-18(19(23)20(25)27-22)16-11-7-8-12-17(16)24(21(22)26)14-15-9-5-4-6-10-15/h4-12H,2-3,13-14H2,1H3. The first-order valence-electron chi connectivity index (χ1n) is 9.17. The summed E-state index contributed by atoms with van der Waals surface area (Å²) in [5.41, 5.74) is 0.615. The van der Waals surface area contributed by atoms with Crippen molar-refractivity contribution in [3.63, 3.8) is 0 Å². The van der Waals surface area contributed by atoms with Gasteiger partial charge in [-0.05, 0) is 18.1 Å². The minimum Gasteiger partial charge on any atom is -0.438 e. The molecule has 0 spiro atoms. The second-order valence-corrected chi connectivity index (χ2v) is 6.90. The minimum absolute atomic E-state index is 0.0888. The van der Waals surface area contributed by atoms with E-state index in [1.807, 2.05) is 37.3 Å². The zero-order chi connectivity index (χ0) is 19.0. The lowest BCUT2D eigenvalue weighted by atomic mass is 9.79. The fourth-order valence-electron chi connectivity index (χ4n) is 3.90. The molecule has 2 heterocycles. The van der Waals surface area contributed by atoms with Crippen LogP contribution in [0.3, 0.4) is 0 Å². The number of ether oxygens (including phenoxy) is 1. The molecule has 0 bridgehead atoms. The first-order valence-corrected chi connectivity index (χ1v) is 9.17. The number of anilines is 1. The SMILES string of the molecule is CCCCC12OC(=O)C(F)=C1c1ccccc1N(Cc1ccccc1)C2=O. The molecule has 0 saturated carbocycles. The third-order valence-corrected chi connectivity index (χ3v) is 5.19. The van der Waals surface area contributed by atoms with Gasteiger partial charge in [-0.2, -0.15) is 4.39 Å². The van der Waals surface area contributed by atoms with Crippen LogP contribution in [-0.4, -0.2) is 17.5 Å². The average Bonchev–Trinajstić information content (AvgIpc) is 2.96. The molecule has 0 N–H and O–H groups in total. The number of halogens is 1. The molecule has 27 heavy (non-hydrogen) atoms. The van der Waals surface area contributed by atoms with Crippen LogP contribution in [0.15, 0.2) is 60.4 Å². The van der Waals surface area contributed by atoms with Gasteiger partial charge in [0.25, 0.3) is 5.91 Å². The Hall–Kier alpha value is -2.95. The average molecular weight is 365 g/mol. The molecule has 2 aromatic carbocycles. The number of carbonyl (C=O) groups is 2. The van der Waals surface area contributed by atoms with Gasteiger partial charge in [0.2, 0.25) is 11.4 Å². The number of esters is 1. The van der Waals surface area contributed by atoms with Crippen LogP contribution in [0.1, 0.15) is 37.3 Å². The van der Waals surface area contributed by atoms with Crippen LogP contribution in [0, 0.1) is 0 Å². The Labute approximate surface area is 157 Å². The summed E-state index contributed by atoms with van der Waals surface area (Å²) in [4.78, 5) is 27.3. The van der Waals surface area contributed by atoms with Crippen LogP contribution in [0.4, 0.5) is 10.1 Å². The van der Waals surface area contributed by atoms with E-state index in [0.29, 0.717) is 24.2 Å². The van der Waals surface area contributed by atoms with Crippen LogP contribution in [0.25, 0.3) is 5.57 Å². The first kappa shape index (κ1) is 17.5. The zero-order valence-electron chi connectivity index (χ0n) is 15.1. The number of fused-ring (bicyclic) bond motifs is 3. The molecule has 2 aliphatic heterocycles. The van der Waals surface area contributed by atoms with Gasteiger partial charge in [0, 0.05) is 12.0 Å². The zero-order valence-corrected chi connectivity index (χ0v) is 15.1. The molecule has 4 rings (SSSR count). The van der Waals surface area contributed by atoms with E-state index in [1.165, 1.54) is 0 Å². The number of rotatable bonds is 5. The second kappa shape index (κ2) is 6.65. The quantitative estimate of drug-likeness (QED) is 0.738. The number of carbonyl (C=O) groups excluding carboxylic acids is 2. The highest BCUT2D eigenvalue weighted by Crippen LogP contribution is 2.51.